The summed E-state index contributed by atoms with van der Waals surface area (Å²) in [5, 5.41) is 19.6. The third-order valence-electron chi connectivity index (χ3n) is 3.66. The maximum Gasteiger partial charge on any atom is 0.224 e. The number of aromatic hydroxyl groups is 1. The van der Waals surface area contributed by atoms with Crippen molar-refractivity contribution in [2.24, 2.45) is 0 Å². The highest BCUT2D eigenvalue weighted by Gasteiger charge is 2.26. The number of amides is 1. The summed E-state index contributed by atoms with van der Waals surface area (Å²) in [7, 11) is 0. The Morgan fingerprint density at radius 3 is 2.67 bits per heavy atom. The molecule has 1 aromatic carbocycles. The molecule has 1 aromatic heterocycles. The third kappa shape index (κ3) is 4.55. The summed E-state index contributed by atoms with van der Waals surface area (Å²) >= 11 is 11.9. The average molecular weight is 372 g/mol. The molecule has 0 aliphatic carbocycles. The molecular weight excluding hydrogens is 356 g/mol. The van der Waals surface area contributed by atoms with Crippen LogP contribution in [0.2, 0.25) is 10.3 Å². The number of carbonyl (C=O) groups is 1. The molecule has 0 aliphatic heterocycles. The Kier molecular flexibility index (Phi) is 5.62. The van der Waals surface area contributed by atoms with E-state index in [1.165, 1.54) is 12.1 Å². The molecule has 2 rings (SSSR count). The van der Waals surface area contributed by atoms with Gasteiger partial charge in [-0.15, -0.1) is 10.2 Å². The monoisotopic (exact) mass is 371 g/mol. The molecule has 2 aromatic rings. The smallest absolute Gasteiger partial charge is 0.224 e. The lowest BCUT2D eigenvalue weighted by Crippen LogP contribution is -2.22. The molecule has 0 saturated carbocycles. The second kappa shape index (κ2) is 7.32. The van der Waals surface area contributed by atoms with Gasteiger partial charge >= 0.3 is 0 Å². The number of carbonyl (C=O) groups excluding carboxylic acids is 1. The molecule has 24 heavy (non-hydrogen) atoms. The first-order valence-electron chi connectivity index (χ1n) is 7.16. The molecule has 0 radical (unpaired) electrons. The standard InChI is InChI=1S/C16H16Cl2FN3O2/c1-16(2,10-8-13(17)21-22-15(10)18)6-5-14(24)20-9-3-4-12(23)11(19)7-9/h3-4,7-8,23H,5-6H2,1-2H3,(H,20,24). The Morgan fingerprint density at radius 1 is 1.29 bits per heavy atom. The number of halogens is 3. The highest BCUT2D eigenvalue weighted by atomic mass is 35.5. The first-order chi connectivity index (χ1) is 11.2. The lowest BCUT2D eigenvalue weighted by atomic mass is 9.81. The fraction of sp³-hybridized carbons (Fsp3) is 0.312. The first-order valence-corrected chi connectivity index (χ1v) is 7.92. The van der Waals surface area contributed by atoms with Crippen molar-refractivity contribution in [3.8, 4) is 5.75 Å². The number of phenols is 1. The lowest BCUT2D eigenvalue weighted by molar-refractivity contribution is -0.116. The molecule has 0 fully saturated rings. The number of rotatable bonds is 5. The molecule has 8 heteroatoms. The quantitative estimate of drug-likeness (QED) is 0.767. The second-order valence-electron chi connectivity index (χ2n) is 5.97. The minimum Gasteiger partial charge on any atom is -0.505 e. The summed E-state index contributed by atoms with van der Waals surface area (Å²) in [6.07, 6.45) is 0.660. The van der Waals surface area contributed by atoms with Gasteiger partial charge in [0.05, 0.1) is 0 Å². The number of nitrogens with one attached hydrogen (secondary N) is 1. The van der Waals surface area contributed by atoms with E-state index in [1.807, 2.05) is 13.8 Å². The van der Waals surface area contributed by atoms with Gasteiger partial charge in [-0.05, 0) is 30.0 Å². The molecule has 128 valence electrons. The molecule has 0 bridgehead atoms. The molecule has 1 heterocycles. The normalized spacial score (nSPS) is 11.4. The zero-order valence-electron chi connectivity index (χ0n) is 13.1. The summed E-state index contributed by atoms with van der Waals surface area (Å²) in [6.45, 7) is 3.83. The van der Waals surface area contributed by atoms with E-state index < -0.39 is 17.0 Å². The van der Waals surface area contributed by atoms with Crippen molar-refractivity contribution < 1.29 is 14.3 Å². The number of nitrogens with zero attached hydrogens (tertiary/aromatic N) is 2. The average Bonchev–Trinajstić information content (AvgIpc) is 2.51. The number of hydrogen-bond acceptors (Lipinski definition) is 4. The van der Waals surface area contributed by atoms with Crippen LogP contribution in [0, 0.1) is 5.82 Å². The lowest BCUT2D eigenvalue weighted by Gasteiger charge is -2.25. The van der Waals surface area contributed by atoms with E-state index in [4.69, 9.17) is 28.3 Å². The van der Waals surface area contributed by atoms with Gasteiger partial charge in [0.25, 0.3) is 0 Å². The Bertz CT molecular complexity index is 769. The van der Waals surface area contributed by atoms with Gasteiger partial charge in [0, 0.05) is 23.7 Å². The highest BCUT2D eigenvalue weighted by Crippen LogP contribution is 2.33. The van der Waals surface area contributed by atoms with E-state index in [0.717, 1.165) is 6.07 Å². The van der Waals surface area contributed by atoms with E-state index in [2.05, 4.69) is 15.5 Å². The van der Waals surface area contributed by atoms with Gasteiger partial charge in [0.2, 0.25) is 5.91 Å². The Labute approximate surface area is 148 Å². The summed E-state index contributed by atoms with van der Waals surface area (Å²) < 4.78 is 13.3. The maximum absolute atomic E-state index is 13.3. The molecule has 0 atom stereocenters. The molecule has 2 N–H and O–H groups in total. The van der Waals surface area contributed by atoms with Crippen molar-refractivity contribution in [3.63, 3.8) is 0 Å². The van der Waals surface area contributed by atoms with Gasteiger partial charge in [-0.2, -0.15) is 0 Å². The first kappa shape index (κ1) is 18.4. The van der Waals surface area contributed by atoms with E-state index in [0.29, 0.717) is 12.0 Å². The van der Waals surface area contributed by atoms with Crippen LogP contribution in [0.5, 0.6) is 5.75 Å². The van der Waals surface area contributed by atoms with Crippen LogP contribution in [-0.2, 0) is 10.2 Å². The Morgan fingerprint density at radius 2 is 2.00 bits per heavy atom. The SMILES string of the molecule is CC(C)(CCC(=O)Nc1ccc(O)c(F)c1)c1cc(Cl)nnc1Cl. The molecule has 1 amide bonds. The number of aromatic nitrogens is 2. The highest BCUT2D eigenvalue weighted by molar-refractivity contribution is 6.31. The van der Waals surface area contributed by atoms with Crippen LogP contribution in [0.3, 0.4) is 0 Å². The maximum atomic E-state index is 13.3. The van der Waals surface area contributed by atoms with Crippen LogP contribution in [0.4, 0.5) is 10.1 Å². The Hall–Kier alpha value is -1.92. The second-order valence-corrected chi connectivity index (χ2v) is 6.72. The minimum absolute atomic E-state index is 0.186. The van der Waals surface area contributed by atoms with Gasteiger partial charge < -0.3 is 10.4 Å². The van der Waals surface area contributed by atoms with Gasteiger partial charge in [0.1, 0.15) is 0 Å². The van der Waals surface area contributed by atoms with Crippen molar-refractivity contribution in [1.82, 2.24) is 10.2 Å². The fourth-order valence-corrected chi connectivity index (χ4v) is 2.69. The van der Waals surface area contributed by atoms with Crippen molar-refractivity contribution in [2.45, 2.75) is 32.1 Å². The van der Waals surface area contributed by atoms with E-state index >= 15 is 0 Å². The van der Waals surface area contributed by atoms with Gasteiger partial charge in [-0.1, -0.05) is 37.0 Å². The summed E-state index contributed by atoms with van der Waals surface area (Å²) in [5.41, 5.74) is 0.529. The molecule has 0 aliphatic rings. The van der Waals surface area contributed by atoms with Gasteiger partial charge in [0.15, 0.2) is 21.9 Å². The van der Waals surface area contributed by atoms with E-state index in [-0.39, 0.29) is 28.3 Å². The number of anilines is 1. The third-order valence-corrected chi connectivity index (χ3v) is 4.12. The molecular formula is C16H16Cl2FN3O2. The summed E-state index contributed by atoms with van der Waals surface area (Å²) in [6, 6.07) is 5.29. The van der Waals surface area contributed by atoms with Crippen molar-refractivity contribution in [2.75, 3.05) is 5.32 Å². The predicted molar refractivity (Wildman–Crippen MR) is 91.0 cm³/mol. The molecule has 0 saturated heterocycles. The van der Waals surface area contributed by atoms with Crippen molar-refractivity contribution in [1.29, 1.82) is 0 Å². The molecule has 0 unspecified atom stereocenters. The van der Waals surface area contributed by atoms with Crippen molar-refractivity contribution in [3.05, 3.63) is 46.0 Å². The molecule has 0 spiro atoms. The van der Waals surface area contributed by atoms with Crippen LogP contribution >= 0.6 is 23.2 Å². The van der Waals surface area contributed by atoms with Crippen LogP contribution in [0.15, 0.2) is 24.3 Å². The Balaban J connectivity index is 2.01. The zero-order valence-corrected chi connectivity index (χ0v) is 14.6. The van der Waals surface area contributed by atoms with Gasteiger partial charge in [-0.3, -0.25) is 4.79 Å². The molecule has 5 nitrogen and oxygen atoms in total. The predicted octanol–water partition coefficient (Wildman–Crippen LogP) is 4.32. The van der Waals surface area contributed by atoms with Crippen LogP contribution in [0.1, 0.15) is 32.3 Å². The van der Waals surface area contributed by atoms with Gasteiger partial charge in [-0.25, -0.2) is 4.39 Å². The van der Waals surface area contributed by atoms with Crippen LogP contribution in [0.25, 0.3) is 0 Å². The topological polar surface area (TPSA) is 75.1 Å². The fourth-order valence-electron chi connectivity index (χ4n) is 2.20. The van der Waals surface area contributed by atoms with E-state index in [1.54, 1.807) is 6.07 Å². The van der Waals surface area contributed by atoms with E-state index in [9.17, 15) is 9.18 Å². The van der Waals surface area contributed by atoms with Crippen molar-refractivity contribution >= 4 is 34.8 Å². The summed E-state index contributed by atoms with van der Waals surface area (Å²) in [5.74, 6) is -1.54. The van der Waals surface area contributed by atoms with Crippen LogP contribution in [-0.4, -0.2) is 21.2 Å². The number of benzene rings is 1. The summed E-state index contributed by atoms with van der Waals surface area (Å²) in [4.78, 5) is 12.1. The van der Waals surface area contributed by atoms with Crippen LogP contribution < -0.4 is 5.32 Å². The minimum atomic E-state index is -0.794. The number of phenolic OH excluding ortho intramolecular Hbond substituents is 1. The largest absolute Gasteiger partial charge is 0.505 e. The number of hydrogen-bond donors (Lipinski definition) is 2. The zero-order chi connectivity index (χ0) is 17.9.